The van der Waals surface area contributed by atoms with E-state index in [0.717, 1.165) is 35.7 Å². The Kier molecular flexibility index (Phi) is 6.48. The average molecular weight is 499 g/mol. The highest BCUT2D eigenvalue weighted by atomic mass is 35.5. The second-order valence-corrected chi connectivity index (χ2v) is 9.73. The van der Waals surface area contributed by atoms with E-state index in [9.17, 15) is 10.1 Å². The van der Waals surface area contributed by atoms with Gasteiger partial charge in [0, 0.05) is 49.5 Å². The van der Waals surface area contributed by atoms with Crippen molar-refractivity contribution in [1.82, 2.24) is 19.4 Å². The Morgan fingerprint density at radius 2 is 1.86 bits per heavy atom. The van der Waals surface area contributed by atoms with Gasteiger partial charge in [0.15, 0.2) is 0 Å². The van der Waals surface area contributed by atoms with Crippen LogP contribution < -0.4 is 10.5 Å². The zero-order chi connectivity index (χ0) is 25.4. The molecule has 1 fully saturated rings. The minimum Gasteiger partial charge on any atom is -0.364 e. The lowest BCUT2D eigenvalue weighted by Crippen LogP contribution is -2.53. The molecule has 5 rings (SSSR count). The molecule has 8 heteroatoms. The molecule has 182 valence electrons. The molecule has 7 nitrogen and oxygen atoms in total. The number of benzene rings is 1. The fraction of sp³-hybridized carbons (Fsp3) is 0.286. The van der Waals surface area contributed by atoms with E-state index in [4.69, 9.17) is 16.6 Å². The van der Waals surface area contributed by atoms with Crippen molar-refractivity contribution in [3.05, 3.63) is 98.7 Å². The van der Waals surface area contributed by atoms with E-state index in [-0.39, 0.29) is 17.6 Å². The van der Waals surface area contributed by atoms with E-state index in [1.807, 2.05) is 31.2 Å². The Bertz CT molecular complexity index is 1520. The normalized spacial score (nSPS) is 17.2. The summed E-state index contributed by atoms with van der Waals surface area (Å²) in [7, 11) is 1.73. The standard InChI is InChI=1S/C28H27ClN6O/c1-18-5-4-6-23(31-18)28(20-7-9-21(29)10-8-20)34-13-14-35(19(2)17-34)25-15-26(36)33(3)24-12-11-22(16-30)32-27(24)25/h4-12,15,19,28H,13-14,17H2,1-3H3/t19-,28?/m0/s1. The SMILES string of the molecule is Cc1cccc(C(c2ccc(Cl)cc2)N2CCN(c3cc(=O)n(C)c4ccc(C#N)nc34)[C@@H](C)C2)n1. The van der Waals surface area contributed by atoms with Crippen LogP contribution in [0.1, 0.15) is 35.6 Å². The molecule has 4 heterocycles. The highest BCUT2D eigenvalue weighted by Gasteiger charge is 2.32. The first-order valence-electron chi connectivity index (χ1n) is 12.0. The van der Waals surface area contributed by atoms with Gasteiger partial charge in [0.05, 0.1) is 22.9 Å². The Hall–Kier alpha value is -3.73. The third kappa shape index (κ3) is 4.46. The summed E-state index contributed by atoms with van der Waals surface area (Å²) < 4.78 is 1.58. The Morgan fingerprint density at radius 1 is 1.08 bits per heavy atom. The number of hydrogen-bond donors (Lipinski definition) is 0. The minimum atomic E-state index is -0.0957. The summed E-state index contributed by atoms with van der Waals surface area (Å²) in [5.74, 6) is 0. The van der Waals surface area contributed by atoms with Crippen molar-refractivity contribution in [3.8, 4) is 6.07 Å². The van der Waals surface area contributed by atoms with Crippen LogP contribution in [0.2, 0.25) is 5.02 Å². The van der Waals surface area contributed by atoms with Crippen molar-refractivity contribution in [2.24, 2.45) is 7.05 Å². The molecule has 3 aromatic heterocycles. The summed E-state index contributed by atoms with van der Waals surface area (Å²) in [6, 6.07) is 21.4. The first kappa shape index (κ1) is 24.0. The second-order valence-electron chi connectivity index (χ2n) is 9.30. The maximum absolute atomic E-state index is 12.8. The maximum atomic E-state index is 12.8. The monoisotopic (exact) mass is 498 g/mol. The van der Waals surface area contributed by atoms with Gasteiger partial charge in [0.25, 0.3) is 5.56 Å². The number of nitriles is 1. The van der Waals surface area contributed by atoms with Crippen LogP contribution in [0.4, 0.5) is 5.69 Å². The first-order chi connectivity index (χ1) is 17.4. The zero-order valence-electron chi connectivity index (χ0n) is 20.5. The van der Waals surface area contributed by atoms with Gasteiger partial charge in [-0.25, -0.2) is 4.98 Å². The molecule has 0 spiro atoms. The van der Waals surface area contributed by atoms with Crippen LogP contribution in [-0.4, -0.2) is 45.1 Å². The molecule has 1 aliphatic rings. The van der Waals surface area contributed by atoms with Crippen LogP contribution in [0.5, 0.6) is 0 Å². The molecule has 0 bridgehead atoms. The zero-order valence-corrected chi connectivity index (χ0v) is 21.3. The maximum Gasteiger partial charge on any atom is 0.252 e. The summed E-state index contributed by atoms with van der Waals surface area (Å²) in [5.41, 5.74) is 5.51. The number of halogens is 1. The molecule has 4 aromatic rings. The molecule has 1 aliphatic heterocycles. The van der Waals surface area contributed by atoms with Gasteiger partial charge in [-0.15, -0.1) is 0 Å². The molecule has 1 aromatic carbocycles. The predicted octanol–water partition coefficient (Wildman–Crippen LogP) is 4.46. The topological polar surface area (TPSA) is 78.0 Å². The Labute approximate surface area is 215 Å². The van der Waals surface area contributed by atoms with Crippen LogP contribution in [0.15, 0.2) is 65.5 Å². The lowest BCUT2D eigenvalue weighted by Gasteiger charge is -2.44. The average Bonchev–Trinajstić information content (AvgIpc) is 2.87. The lowest BCUT2D eigenvalue weighted by atomic mass is 9.98. The van der Waals surface area contributed by atoms with Crippen LogP contribution in [0.3, 0.4) is 0 Å². The fourth-order valence-corrected chi connectivity index (χ4v) is 5.23. The molecule has 0 radical (unpaired) electrons. The number of rotatable bonds is 4. The van der Waals surface area contributed by atoms with Gasteiger partial charge in [0.2, 0.25) is 0 Å². The first-order valence-corrected chi connectivity index (χ1v) is 12.3. The van der Waals surface area contributed by atoms with Gasteiger partial charge < -0.3 is 9.47 Å². The number of hydrogen-bond acceptors (Lipinski definition) is 6. The molecule has 0 saturated carbocycles. The van der Waals surface area contributed by atoms with Gasteiger partial charge in [-0.3, -0.25) is 14.7 Å². The fourth-order valence-electron chi connectivity index (χ4n) is 5.10. The van der Waals surface area contributed by atoms with Crippen molar-refractivity contribution < 1.29 is 0 Å². The largest absolute Gasteiger partial charge is 0.364 e. The van der Waals surface area contributed by atoms with E-state index in [2.05, 4.69) is 46.0 Å². The Morgan fingerprint density at radius 3 is 2.56 bits per heavy atom. The molecule has 0 amide bonds. The molecule has 1 unspecified atom stereocenters. The van der Waals surface area contributed by atoms with Crippen LogP contribution >= 0.6 is 11.6 Å². The van der Waals surface area contributed by atoms with Gasteiger partial charge in [-0.1, -0.05) is 29.8 Å². The molecular weight excluding hydrogens is 472 g/mol. The number of aryl methyl sites for hydroxylation is 2. The number of nitrogens with zero attached hydrogens (tertiary/aromatic N) is 6. The van der Waals surface area contributed by atoms with Crippen LogP contribution in [-0.2, 0) is 7.05 Å². The van der Waals surface area contributed by atoms with E-state index in [1.165, 1.54) is 0 Å². The second kappa shape index (κ2) is 9.73. The van der Waals surface area contributed by atoms with Gasteiger partial charge in [0.1, 0.15) is 17.3 Å². The van der Waals surface area contributed by atoms with Crippen LogP contribution in [0.25, 0.3) is 11.0 Å². The lowest BCUT2D eigenvalue weighted by molar-refractivity contribution is 0.185. The Balaban J connectivity index is 1.52. The number of aromatic nitrogens is 3. The van der Waals surface area contributed by atoms with Crippen molar-refractivity contribution in [3.63, 3.8) is 0 Å². The predicted molar refractivity (Wildman–Crippen MR) is 142 cm³/mol. The van der Waals surface area contributed by atoms with Crippen molar-refractivity contribution in [1.29, 1.82) is 5.26 Å². The molecular formula is C28H27ClN6O. The van der Waals surface area contributed by atoms with Crippen LogP contribution in [0, 0.1) is 18.3 Å². The third-order valence-electron chi connectivity index (χ3n) is 6.89. The summed E-state index contributed by atoms with van der Waals surface area (Å²) in [6.07, 6.45) is 0. The van der Waals surface area contributed by atoms with E-state index in [0.29, 0.717) is 28.3 Å². The molecule has 0 aliphatic carbocycles. The van der Waals surface area contributed by atoms with E-state index < -0.39 is 0 Å². The van der Waals surface area contributed by atoms with Gasteiger partial charge >= 0.3 is 0 Å². The molecule has 36 heavy (non-hydrogen) atoms. The molecule has 2 atom stereocenters. The van der Waals surface area contributed by atoms with Gasteiger partial charge in [-0.05, 0) is 55.8 Å². The third-order valence-corrected chi connectivity index (χ3v) is 7.14. The summed E-state index contributed by atoms with van der Waals surface area (Å²) in [5, 5.41) is 10.1. The van der Waals surface area contributed by atoms with Crippen molar-refractivity contribution >= 4 is 28.3 Å². The summed E-state index contributed by atoms with van der Waals surface area (Å²) >= 11 is 6.19. The van der Waals surface area contributed by atoms with Crippen molar-refractivity contribution in [2.75, 3.05) is 24.5 Å². The number of anilines is 1. The van der Waals surface area contributed by atoms with Crippen molar-refractivity contribution in [2.45, 2.75) is 25.9 Å². The van der Waals surface area contributed by atoms with Gasteiger partial charge in [-0.2, -0.15) is 5.26 Å². The van der Waals surface area contributed by atoms with E-state index >= 15 is 0 Å². The smallest absolute Gasteiger partial charge is 0.252 e. The molecule has 0 N–H and O–H groups in total. The summed E-state index contributed by atoms with van der Waals surface area (Å²) in [4.78, 5) is 26.9. The number of pyridine rings is 3. The minimum absolute atomic E-state index is 0.0181. The van der Waals surface area contributed by atoms with E-state index in [1.54, 1.807) is 29.8 Å². The number of fused-ring (bicyclic) bond motifs is 1. The molecule has 1 saturated heterocycles. The number of piperazine rings is 1. The quantitative estimate of drug-likeness (QED) is 0.413. The highest BCUT2D eigenvalue weighted by Crippen LogP contribution is 2.33. The summed E-state index contributed by atoms with van der Waals surface area (Å²) in [6.45, 7) is 6.40. The highest BCUT2D eigenvalue weighted by molar-refractivity contribution is 6.30.